The molecule has 2 amide bonds. The largest absolute Gasteiger partial charge is 0.573 e. The minimum atomic E-state index is -4.99. The van der Waals surface area contributed by atoms with Crippen LogP contribution in [0.2, 0.25) is 0 Å². The van der Waals surface area contributed by atoms with E-state index in [1.54, 1.807) is 6.92 Å². The molecule has 2 aliphatic rings. The summed E-state index contributed by atoms with van der Waals surface area (Å²) in [4.78, 5) is 24.4. The topological polar surface area (TPSA) is 79.5 Å². The molecule has 1 heterocycles. The third kappa shape index (κ3) is 5.12. The average Bonchev–Trinajstić information content (AvgIpc) is 3.45. The van der Waals surface area contributed by atoms with Crippen LogP contribution in [-0.4, -0.2) is 30.4 Å². The van der Waals surface area contributed by atoms with Gasteiger partial charge in [-0.15, -0.1) is 13.2 Å². The van der Waals surface area contributed by atoms with Crippen molar-refractivity contribution in [2.75, 3.05) is 0 Å². The van der Waals surface area contributed by atoms with Crippen LogP contribution in [-0.2, 0) is 9.59 Å². The predicted molar refractivity (Wildman–Crippen MR) is 90.5 cm³/mol. The molecular weight excluding hydrogens is 382 g/mol. The summed E-state index contributed by atoms with van der Waals surface area (Å²) in [6.07, 6.45) is -2.90. The predicted octanol–water partition coefficient (Wildman–Crippen LogP) is 2.51. The number of hydrogen-bond donors (Lipinski definition) is 3. The Morgan fingerprint density at radius 3 is 2.64 bits per heavy atom. The van der Waals surface area contributed by atoms with Gasteiger partial charge in [0.2, 0.25) is 11.8 Å². The standard InChI is InChI=1S/C18H21F4N3O3/c1-2-12(10-5-6-14(11(19)7-10)28-18(20,21)22)24-17(27)13-8-15(26)25-16(23-13)9-3-4-9/h5-7,9,12-13,16,23H,2-4,8H2,1H3,(H,24,27)(H,25,26)/t12-,13?,16?/m1/s1. The van der Waals surface area contributed by atoms with Crippen molar-refractivity contribution >= 4 is 11.8 Å². The van der Waals surface area contributed by atoms with Crippen LogP contribution in [0.25, 0.3) is 0 Å². The monoisotopic (exact) mass is 403 g/mol. The Bertz CT molecular complexity index is 752. The molecule has 0 bridgehead atoms. The number of hydrogen-bond acceptors (Lipinski definition) is 4. The highest BCUT2D eigenvalue weighted by molar-refractivity contribution is 5.89. The Kier molecular flexibility index (Phi) is 5.78. The maximum absolute atomic E-state index is 14.0. The minimum absolute atomic E-state index is 0.0157. The van der Waals surface area contributed by atoms with Crippen molar-refractivity contribution in [2.24, 2.45) is 5.92 Å². The molecule has 10 heteroatoms. The number of rotatable bonds is 6. The second-order valence-electron chi connectivity index (χ2n) is 7.01. The third-order valence-electron chi connectivity index (χ3n) is 4.81. The van der Waals surface area contributed by atoms with Gasteiger partial charge in [-0.05, 0) is 42.9 Å². The fourth-order valence-electron chi connectivity index (χ4n) is 3.22. The quantitative estimate of drug-likeness (QED) is 0.638. The lowest BCUT2D eigenvalue weighted by atomic mass is 10.0. The first kappa shape index (κ1) is 20.4. The normalized spacial score (nSPS) is 23.7. The van der Waals surface area contributed by atoms with Gasteiger partial charge in [0.15, 0.2) is 11.6 Å². The van der Waals surface area contributed by atoms with Gasteiger partial charge in [-0.1, -0.05) is 13.0 Å². The lowest BCUT2D eigenvalue weighted by Gasteiger charge is -2.32. The molecule has 0 radical (unpaired) electrons. The van der Waals surface area contributed by atoms with Gasteiger partial charge in [-0.3, -0.25) is 14.9 Å². The van der Waals surface area contributed by atoms with Crippen molar-refractivity contribution < 1.29 is 31.9 Å². The number of carbonyl (C=O) groups is 2. The number of ether oxygens (including phenoxy) is 1. The zero-order valence-corrected chi connectivity index (χ0v) is 15.1. The third-order valence-corrected chi connectivity index (χ3v) is 4.81. The molecule has 1 aliphatic heterocycles. The lowest BCUT2D eigenvalue weighted by Crippen LogP contribution is -2.61. The molecule has 0 aromatic heterocycles. The maximum atomic E-state index is 14.0. The van der Waals surface area contributed by atoms with Gasteiger partial charge in [-0.2, -0.15) is 0 Å². The summed E-state index contributed by atoms with van der Waals surface area (Å²) in [6.45, 7) is 1.75. The molecule has 1 aliphatic carbocycles. The Morgan fingerprint density at radius 1 is 1.36 bits per heavy atom. The number of benzene rings is 1. The molecule has 3 N–H and O–H groups in total. The Labute approximate surface area is 159 Å². The van der Waals surface area contributed by atoms with Crippen LogP contribution >= 0.6 is 0 Å². The molecule has 2 fully saturated rings. The summed E-state index contributed by atoms with van der Waals surface area (Å²) in [7, 11) is 0. The highest BCUT2D eigenvalue weighted by Crippen LogP contribution is 2.33. The van der Waals surface area contributed by atoms with E-state index in [4.69, 9.17) is 0 Å². The summed E-state index contributed by atoms with van der Waals surface area (Å²) in [5, 5.41) is 8.66. The molecule has 3 rings (SSSR count). The smallest absolute Gasteiger partial charge is 0.403 e. The minimum Gasteiger partial charge on any atom is -0.403 e. The summed E-state index contributed by atoms with van der Waals surface area (Å²) in [6, 6.07) is 1.72. The highest BCUT2D eigenvalue weighted by atomic mass is 19.4. The summed E-state index contributed by atoms with van der Waals surface area (Å²) in [5.74, 6) is -2.43. The Balaban J connectivity index is 1.67. The SMILES string of the molecule is CC[C@@H](NC(=O)C1CC(=O)NC(C2CC2)N1)c1ccc(OC(F)(F)F)c(F)c1. The van der Waals surface area contributed by atoms with E-state index in [1.807, 2.05) is 0 Å². The van der Waals surface area contributed by atoms with E-state index in [9.17, 15) is 27.2 Å². The number of carbonyl (C=O) groups excluding carboxylic acids is 2. The van der Waals surface area contributed by atoms with Crippen molar-refractivity contribution in [1.29, 1.82) is 0 Å². The number of amides is 2. The zero-order valence-electron chi connectivity index (χ0n) is 15.1. The lowest BCUT2D eigenvalue weighted by molar-refractivity contribution is -0.275. The second-order valence-corrected chi connectivity index (χ2v) is 7.01. The number of nitrogens with one attached hydrogen (secondary N) is 3. The van der Waals surface area contributed by atoms with Gasteiger partial charge in [-0.25, -0.2) is 4.39 Å². The second kappa shape index (κ2) is 7.94. The number of alkyl halides is 3. The van der Waals surface area contributed by atoms with Crippen LogP contribution < -0.4 is 20.7 Å². The van der Waals surface area contributed by atoms with Crippen LogP contribution in [0, 0.1) is 11.7 Å². The first-order valence-corrected chi connectivity index (χ1v) is 9.07. The first-order chi connectivity index (χ1) is 13.2. The fraction of sp³-hybridized carbons (Fsp3) is 0.556. The van der Waals surface area contributed by atoms with Gasteiger partial charge in [0.1, 0.15) is 0 Å². The van der Waals surface area contributed by atoms with Crippen LogP contribution in [0.3, 0.4) is 0 Å². The van der Waals surface area contributed by atoms with E-state index >= 15 is 0 Å². The molecule has 6 nitrogen and oxygen atoms in total. The molecule has 2 unspecified atom stereocenters. The van der Waals surface area contributed by atoms with Crippen molar-refractivity contribution in [1.82, 2.24) is 16.0 Å². The van der Waals surface area contributed by atoms with Crippen molar-refractivity contribution in [3.8, 4) is 5.75 Å². The molecule has 1 aromatic carbocycles. The van der Waals surface area contributed by atoms with Crippen LogP contribution in [0.15, 0.2) is 18.2 Å². The van der Waals surface area contributed by atoms with Crippen molar-refractivity contribution in [3.05, 3.63) is 29.6 Å². The highest BCUT2D eigenvalue weighted by Gasteiger charge is 2.39. The van der Waals surface area contributed by atoms with Gasteiger partial charge < -0.3 is 15.4 Å². The van der Waals surface area contributed by atoms with Gasteiger partial charge in [0.25, 0.3) is 0 Å². The average molecular weight is 403 g/mol. The summed E-state index contributed by atoms with van der Waals surface area (Å²) in [5.41, 5.74) is 0.307. The Hall–Kier alpha value is -2.36. The van der Waals surface area contributed by atoms with Gasteiger partial charge >= 0.3 is 6.36 Å². The molecule has 1 saturated heterocycles. The van der Waals surface area contributed by atoms with E-state index in [1.165, 1.54) is 6.07 Å². The van der Waals surface area contributed by atoms with E-state index in [0.717, 1.165) is 25.0 Å². The molecule has 154 valence electrons. The molecule has 0 spiro atoms. The van der Waals surface area contributed by atoms with Crippen LogP contribution in [0.5, 0.6) is 5.75 Å². The van der Waals surface area contributed by atoms with E-state index < -0.39 is 35.9 Å². The van der Waals surface area contributed by atoms with Crippen molar-refractivity contribution in [3.63, 3.8) is 0 Å². The molecule has 1 aromatic rings. The number of halogens is 4. The van der Waals surface area contributed by atoms with Crippen LogP contribution in [0.1, 0.15) is 44.2 Å². The van der Waals surface area contributed by atoms with E-state index in [-0.39, 0.29) is 18.5 Å². The molecule has 3 atom stereocenters. The molecular formula is C18H21F4N3O3. The molecule has 1 saturated carbocycles. The van der Waals surface area contributed by atoms with Crippen LogP contribution in [0.4, 0.5) is 17.6 Å². The summed E-state index contributed by atoms with van der Waals surface area (Å²) >= 11 is 0. The van der Waals surface area contributed by atoms with Gasteiger partial charge in [0.05, 0.1) is 24.7 Å². The Morgan fingerprint density at radius 2 is 2.07 bits per heavy atom. The zero-order chi connectivity index (χ0) is 20.5. The fourth-order valence-corrected chi connectivity index (χ4v) is 3.22. The van der Waals surface area contributed by atoms with Crippen molar-refractivity contribution in [2.45, 2.75) is 57.2 Å². The van der Waals surface area contributed by atoms with E-state index in [0.29, 0.717) is 17.9 Å². The first-order valence-electron chi connectivity index (χ1n) is 9.07. The maximum Gasteiger partial charge on any atom is 0.573 e. The van der Waals surface area contributed by atoms with Gasteiger partial charge in [0, 0.05) is 0 Å². The van der Waals surface area contributed by atoms with E-state index in [2.05, 4.69) is 20.7 Å². The summed E-state index contributed by atoms with van der Waals surface area (Å²) < 4.78 is 54.4. The molecule has 28 heavy (non-hydrogen) atoms.